The zero-order chi connectivity index (χ0) is 27.7. The molecule has 3 rings (SSSR count). The number of rotatable bonds is 10. The van der Waals surface area contributed by atoms with Crippen LogP contribution in [0.3, 0.4) is 0 Å². The van der Waals surface area contributed by atoms with Gasteiger partial charge in [0.25, 0.3) is 5.69 Å². The first kappa shape index (κ1) is 27.1. The van der Waals surface area contributed by atoms with E-state index in [1.54, 1.807) is 12.1 Å². The van der Waals surface area contributed by atoms with Gasteiger partial charge in [-0.3, -0.25) is 14.9 Å². The van der Waals surface area contributed by atoms with Crippen LogP contribution in [-0.2, 0) is 4.79 Å². The summed E-state index contributed by atoms with van der Waals surface area (Å²) in [7, 11) is 2.78. The van der Waals surface area contributed by atoms with Crippen LogP contribution in [0.2, 0.25) is 0 Å². The van der Waals surface area contributed by atoms with Gasteiger partial charge in [-0.25, -0.2) is 0 Å². The zero-order valence-electron chi connectivity index (χ0n) is 20.3. The number of benzene rings is 3. The lowest BCUT2D eigenvalue weighted by Gasteiger charge is -2.04. The maximum atomic E-state index is 13.0. The van der Waals surface area contributed by atoms with E-state index >= 15 is 0 Å². The first-order valence-electron chi connectivity index (χ1n) is 11.0. The molecule has 0 aliphatic rings. The maximum Gasteiger partial charge on any atom is 0.269 e. The van der Waals surface area contributed by atoms with E-state index in [0.717, 1.165) is 6.08 Å². The van der Waals surface area contributed by atoms with Crippen molar-refractivity contribution in [2.45, 2.75) is 0 Å². The number of hydrogen-bond acceptors (Lipinski definition) is 10. The van der Waals surface area contributed by atoms with Crippen LogP contribution in [0.5, 0.6) is 23.0 Å². The number of nitro benzene ring substituents is 1. The van der Waals surface area contributed by atoms with Crippen LogP contribution in [0, 0.1) is 10.1 Å². The number of phenols is 2. The van der Waals surface area contributed by atoms with Crippen molar-refractivity contribution in [3.8, 4) is 23.0 Å². The Morgan fingerprint density at radius 1 is 0.868 bits per heavy atom. The molecule has 3 aromatic rings. The second kappa shape index (κ2) is 12.5. The van der Waals surface area contributed by atoms with E-state index in [1.165, 1.54) is 81.0 Å². The lowest BCUT2D eigenvalue weighted by atomic mass is 10.1. The minimum atomic E-state index is -0.701. The van der Waals surface area contributed by atoms with Gasteiger partial charge in [0.05, 0.1) is 24.8 Å². The monoisotopic (exact) mass is 517 g/mol. The molecule has 0 amide bonds. The van der Waals surface area contributed by atoms with Crippen molar-refractivity contribution in [1.29, 1.82) is 0 Å². The lowest BCUT2D eigenvalue weighted by Crippen LogP contribution is -1.99. The van der Waals surface area contributed by atoms with Gasteiger partial charge < -0.3 is 24.8 Å². The van der Waals surface area contributed by atoms with E-state index in [4.69, 9.17) is 9.47 Å². The largest absolute Gasteiger partial charge is 0.505 e. The molecular weight excluding hydrogens is 494 g/mol. The molecule has 194 valence electrons. The molecule has 0 aliphatic heterocycles. The van der Waals surface area contributed by atoms with Crippen LogP contribution in [0.4, 0.5) is 11.4 Å². The van der Waals surface area contributed by atoms with E-state index in [0.29, 0.717) is 11.1 Å². The summed E-state index contributed by atoms with van der Waals surface area (Å²) in [5.74, 6) is -0.913. The van der Waals surface area contributed by atoms with Gasteiger partial charge in [0.1, 0.15) is 5.76 Å². The van der Waals surface area contributed by atoms with Crippen molar-refractivity contribution in [3.05, 3.63) is 106 Å². The molecule has 0 aliphatic carbocycles. The van der Waals surface area contributed by atoms with Crippen molar-refractivity contribution in [1.82, 2.24) is 0 Å². The number of allylic oxidation sites excluding steroid dienone is 2. The highest BCUT2D eigenvalue weighted by molar-refractivity contribution is 6.06. The predicted molar refractivity (Wildman–Crippen MR) is 140 cm³/mol. The summed E-state index contributed by atoms with van der Waals surface area (Å²) in [6, 6.07) is 14.1. The molecule has 0 aromatic heterocycles. The molecule has 0 spiro atoms. The minimum Gasteiger partial charge on any atom is -0.505 e. The van der Waals surface area contributed by atoms with Gasteiger partial charge in [0, 0.05) is 12.1 Å². The number of carbonyl (C=O) groups is 1. The number of nitrogens with zero attached hydrogens (tertiary/aromatic N) is 3. The lowest BCUT2D eigenvalue weighted by molar-refractivity contribution is -0.384. The van der Waals surface area contributed by atoms with E-state index in [9.17, 15) is 30.2 Å². The van der Waals surface area contributed by atoms with E-state index in [-0.39, 0.29) is 34.4 Å². The highest BCUT2D eigenvalue weighted by Gasteiger charge is 2.13. The van der Waals surface area contributed by atoms with Crippen LogP contribution in [0.1, 0.15) is 11.1 Å². The van der Waals surface area contributed by atoms with Gasteiger partial charge in [-0.05, 0) is 59.7 Å². The van der Waals surface area contributed by atoms with Crippen molar-refractivity contribution >= 4 is 29.3 Å². The van der Waals surface area contributed by atoms with Crippen molar-refractivity contribution in [2.24, 2.45) is 10.2 Å². The van der Waals surface area contributed by atoms with Crippen LogP contribution in [-0.4, -0.2) is 40.2 Å². The molecule has 0 unspecified atom stereocenters. The third-order valence-corrected chi connectivity index (χ3v) is 5.07. The van der Waals surface area contributed by atoms with Gasteiger partial charge in [0.15, 0.2) is 28.7 Å². The number of aliphatic hydroxyl groups excluding tert-OH is 1. The molecule has 11 nitrogen and oxygen atoms in total. The van der Waals surface area contributed by atoms with E-state index in [1.807, 2.05) is 0 Å². The molecule has 0 atom stereocenters. The number of carbonyl (C=O) groups excluding carboxylic acids is 1. The summed E-state index contributed by atoms with van der Waals surface area (Å²) >= 11 is 0. The molecule has 0 saturated heterocycles. The SMILES string of the molecule is COc1cc(/C=C\C(=O)/C(N=Nc2ccc([N+](=O)[O-])cc2)=C(O)\C=C\c2ccc(O)c(OC)c2)ccc1O. The molecular formula is C27H23N3O8. The Morgan fingerprint density at radius 2 is 1.39 bits per heavy atom. The molecule has 0 bridgehead atoms. The standard InChI is InChI=1S/C27H23N3O8/c1-37-25-15-17(3-11-21(25)31)5-13-23(33)27(29-28-19-7-9-20(10-8-19)30(35)36)24(34)14-6-18-4-12-22(32)26(16-18)38-2/h3-16,31-33H,1-2H3/b13-5+,14-6-,27-23-,29-28?. The number of azo groups is 1. The van der Waals surface area contributed by atoms with E-state index in [2.05, 4.69) is 10.2 Å². The fourth-order valence-electron chi connectivity index (χ4n) is 3.08. The molecule has 3 N–H and O–H groups in total. The topological polar surface area (TPSA) is 164 Å². The van der Waals surface area contributed by atoms with Crippen LogP contribution in [0.15, 0.2) is 94.5 Å². The van der Waals surface area contributed by atoms with Gasteiger partial charge in [-0.15, -0.1) is 5.11 Å². The number of aliphatic hydroxyl groups is 1. The van der Waals surface area contributed by atoms with Gasteiger partial charge in [-0.2, -0.15) is 5.11 Å². The summed E-state index contributed by atoms with van der Waals surface area (Å²) in [6.45, 7) is 0. The molecule has 0 radical (unpaired) electrons. The second-order valence-electron chi connectivity index (χ2n) is 7.60. The smallest absolute Gasteiger partial charge is 0.269 e. The highest BCUT2D eigenvalue weighted by atomic mass is 16.6. The quantitative estimate of drug-likeness (QED) is 0.0750. The fourth-order valence-corrected chi connectivity index (χ4v) is 3.08. The summed E-state index contributed by atoms with van der Waals surface area (Å²) in [5.41, 5.74) is 0.751. The van der Waals surface area contributed by atoms with Crippen LogP contribution < -0.4 is 9.47 Å². The molecule has 0 heterocycles. The second-order valence-corrected chi connectivity index (χ2v) is 7.60. The first-order chi connectivity index (χ1) is 18.2. The fraction of sp³-hybridized carbons (Fsp3) is 0.0741. The van der Waals surface area contributed by atoms with Crippen LogP contribution >= 0.6 is 0 Å². The Morgan fingerprint density at radius 3 is 1.89 bits per heavy atom. The Kier molecular flexibility index (Phi) is 8.92. The Hall–Kier alpha value is -5.45. The number of hydrogen-bond donors (Lipinski definition) is 3. The molecule has 38 heavy (non-hydrogen) atoms. The number of ketones is 1. The Balaban J connectivity index is 1.96. The number of aromatic hydroxyl groups is 2. The summed E-state index contributed by atoms with van der Waals surface area (Å²) in [5, 5.41) is 48.9. The highest BCUT2D eigenvalue weighted by Crippen LogP contribution is 2.28. The number of nitro groups is 1. The third kappa shape index (κ3) is 7.04. The van der Waals surface area contributed by atoms with Gasteiger partial charge in [-0.1, -0.05) is 24.3 Å². The molecule has 0 fully saturated rings. The Bertz CT molecular complexity index is 1460. The molecule has 3 aromatic carbocycles. The zero-order valence-corrected chi connectivity index (χ0v) is 20.3. The number of non-ortho nitro benzene ring substituents is 1. The number of methoxy groups -OCH3 is 2. The Labute approximate surface area is 217 Å². The normalized spacial score (nSPS) is 12.2. The molecule has 11 heteroatoms. The third-order valence-electron chi connectivity index (χ3n) is 5.07. The van der Waals surface area contributed by atoms with Gasteiger partial charge in [0.2, 0.25) is 5.78 Å². The predicted octanol–water partition coefficient (Wildman–Crippen LogP) is 5.87. The number of ether oxygens (including phenoxy) is 2. The van der Waals surface area contributed by atoms with E-state index < -0.39 is 22.2 Å². The minimum absolute atomic E-state index is 0.0619. The summed E-state index contributed by atoms with van der Waals surface area (Å²) in [6.07, 6.45) is 5.29. The van der Waals surface area contributed by atoms with Crippen molar-refractivity contribution in [3.63, 3.8) is 0 Å². The average molecular weight is 517 g/mol. The first-order valence-corrected chi connectivity index (χ1v) is 11.0. The number of phenolic OH excluding ortho intramolecular Hbond substituents is 2. The van der Waals surface area contributed by atoms with Crippen LogP contribution in [0.25, 0.3) is 12.2 Å². The van der Waals surface area contributed by atoms with Crippen molar-refractivity contribution in [2.75, 3.05) is 14.2 Å². The summed E-state index contributed by atoms with van der Waals surface area (Å²) < 4.78 is 10.1. The maximum absolute atomic E-state index is 13.0. The summed E-state index contributed by atoms with van der Waals surface area (Å²) in [4.78, 5) is 23.3. The van der Waals surface area contributed by atoms with Gasteiger partial charge >= 0.3 is 0 Å². The van der Waals surface area contributed by atoms with Crippen molar-refractivity contribution < 1.29 is 34.5 Å². The average Bonchev–Trinajstić information content (AvgIpc) is 2.92. The molecule has 0 saturated carbocycles.